The Morgan fingerprint density at radius 2 is 0.918 bits per heavy atom. The van der Waals surface area contributed by atoms with Gasteiger partial charge < -0.3 is 15.5 Å². The minimum atomic E-state index is -0.895. The standard InChI is InChI=1S/C45H73NO3/c1-3-5-7-9-11-13-15-17-19-21-22-23-24-25-27-29-31-33-35-37-39-41-45(49)46-43(42-47)44(48)40-38-36-34-32-30-28-26-20-18-16-14-12-10-8-6-4-2/h5,7,11,13,17-20,22-23,25,27,30-33,38,40,43-44,47-48H,3-4,6,8-10,12,14-16,21,24,26,28-29,34-37,39,41-42H2,1-2H3,(H,46,49)/b7-5-,13-11-,19-17-,20-18+,23-22-,27-25-,32-30+,33-31-,40-38+. The highest BCUT2D eigenvalue weighted by molar-refractivity contribution is 5.76. The first-order valence-corrected chi connectivity index (χ1v) is 19.6. The fourth-order valence-corrected chi connectivity index (χ4v) is 4.97. The first-order chi connectivity index (χ1) is 24.2. The number of hydrogen-bond donors (Lipinski definition) is 3. The van der Waals surface area contributed by atoms with Crippen LogP contribution in [0.1, 0.15) is 149 Å². The van der Waals surface area contributed by atoms with Gasteiger partial charge in [-0.05, 0) is 96.3 Å². The first-order valence-electron chi connectivity index (χ1n) is 19.6. The topological polar surface area (TPSA) is 69.6 Å². The lowest BCUT2D eigenvalue weighted by atomic mass is 10.1. The van der Waals surface area contributed by atoms with Crippen molar-refractivity contribution >= 4 is 5.91 Å². The molecular weight excluding hydrogens is 602 g/mol. The SMILES string of the molecule is CC/C=C\C/C=C\C/C=C\C/C=C\C/C=C\C/C=C\CCCCC(=O)NC(CO)C(O)/C=C/CC/C=C/CC/C=C/CCCCCCCC. The van der Waals surface area contributed by atoms with Crippen molar-refractivity contribution in [2.24, 2.45) is 0 Å². The summed E-state index contributed by atoms with van der Waals surface area (Å²) in [5.74, 6) is -0.127. The molecule has 276 valence electrons. The number of rotatable bonds is 33. The van der Waals surface area contributed by atoms with Crippen LogP contribution in [0.15, 0.2) is 109 Å². The third kappa shape index (κ3) is 36.2. The largest absolute Gasteiger partial charge is 0.394 e. The number of amides is 1. The summed E-state index contributed by atoms with van der Waals surface area (Å²) < 4.78 is 0. The average Bonchev–Trinajstić information content (AvgIpc) is 3.10. The highest BCUT2D eigenvalue weighted by atomic mass is 16.3. The number of hydrogen-bond acceptors (Lipinski definition) is 3. The zero-order valence-corrected chi connectivity index (χ0v) is 31.4. The van der Waals surface area contributed by atoms with Gasteiger partial charge in [0, 0.05) is 6.42 Å². The van der Waals surface area contributed by atoms with Crippen LogP contribution in [-0.2, 0) is 4.79 Å². The van der Waals surface area contributed by atoms with Crippen LogP contribution in [0.4, 0.5) is 0 Å². The first kappa shape index (κ1) is 46.1. The van der Waals surface area contributed by atoms with Gasteiger partial charge in [-0.2, -0.15) is 0 Å². The Balaban J connectivity index is 3.84. The van der Waals surface area contributed by atoms with E-state index in [0.29, 0.717) is 6.42 Å². The Hall–Kier alpha value is -2.95. The summed E-state index contributed by atoms with van der Waals surface area (Å²) in [6, 6.07) is -0.675. The minimum absolute atomic E-state index is 0.127. The van der Waals surface area contributed by atoms with Crippen molar-refractivity contribution in [3.05, 3.63) is 109 Å². The molecular formula is C45H73NO3. The van der Waals surface area contributed by atoms with Crippen molar-refractivity contribution in [3.8, 4) is 0 Å². The molecule has 0 rings (SSSR count). The molecule has 0 bridgehead atoms. The van der Waals surface area contributed by atoms with Crippen molar-refractivity contribution < 1.29 is 15.0 Å². The highest BCUT2D eigenvalue weighted by Gasteiger charge is 2.17. The molecule has 4 nitrogen and oxygen atoms in total. The molecule has 0 spiro atoms. The van der Waals surface area contributed by atoms with Gasteiger partial charge in [-0.1, -0.05) is 155 Å². The van der Waals surface area contributed by atoms with Gasteiger partial charge in [0.05, 0.1) is 18.8 Å². The fraction of sp³-hybridized carbons (Fsp3) is 0.578. The second-order valence-corrected chi connectivity index (χ2v) is 12.6. The van der Waals surface area contributed by atoms with Gasteiger partial charge in [0.2, 0.25) is 5.91 Å². The van der Waals surface area contributed by atoms with Gasteiger partial charge in [0.1, 0.15) is 0 Å². The van der Waals surface area contributed by atoms with E-state index < -0.39 is 12.1 Å². The van der Waals surface area contributed by atoms with E-state index in [1.165, 1.54) is 44.9 Å². The highest BCUT2D eigenvalue weighted by Crippen LogP contribution is 2.08. The summed E-state index contributed by atoms with van der Waals surface area (Å²) in [5.41, 5.74) is 0. The summed E-state index contributed by atoms with van der Waals surface area (Å²) in [7, 11) is 0. The molecule has 49 heavy (non-hydrogen) atoms. The second-order valence-electron chi connectivity index (χ2n) is 12.6. The lowest BCUT2D eigenvalue weighted by molar-refractivity contribution is -0.123. The predicted molar refractivity (Wildman–Crippen MR) is 216 cm³/mol. The maximum absolute atomic E-state index is 12.3. The van der Waals surface area contributed by atoms with E-state index in [1.54, 1.807) is 6.08 Å². The van der Waals surface area contributed by atoms with Gasteiger partial charge in [-0.25, -0.2) is 0 Å². The van der Waals surface area contributed by atoms with Gasteiger partial charge in [-0.3, -0.25) is 4.79 Å². The Kier molecular flexibility index (Phi) is 37.1. The molecule has 0 aliphatic rings. The van der Waals surface area contributed by atoms with E-state index >= 15 is 0 Å². The molecule has 0 aromatic carbocycles. The molecule has 0 heterocycles. The van der Waals surface area contributed by atoms with Crippen LogP contribution in [0.3, 0.4) is 0 Å². The van der Waals surface area contributed by atoms with E-state index in [4.69, 9.17) is 0 Å². The summed E-state index contributed by atoms with van der Waals surface area (Å²) in [5, 5.41) is 22.9. The maximum atomic E-state index is 12.3. The average molecular weight is 676 g/mol. The summed E-state index contributed by atoms with van der Waals surface area (Å²) >= 11 is 0. The quantitative estimate of drug-likeness (QED) is 0.0479. The molecule has 0 aliphatic heterocycles. The minimum Gasteiger partial charge on any atom is -0.394 e. The smallest absolute Gasteiger partial charge is 0.220 e. The fourth-order valence-electron chi connectivity index (χ4n) is 4.97. The van der Waals surface area contributed by atoms with Crippen LogP contribution in [-0.4, -0.2) is 34.9 Å². The number of allylic oxidation sites excluding steroid dienone is 17. The van der Waals surface area contributed by atoms with E-state index in [-0.39, 0.29) is 12.5 Å². The lowest BCUT2D eigenvalue weighted by Crippen LogP contribution is -2.45. The number of aliphatic hydroxyl groups is 2. The third-order valence-corrected chi connectivity index (χ3v) is 7.97. The van der Waals surface area contributed by atoms with Gasteiger partial charge >= 0.3 is 0 Å². The zero-order chi connectivity index (χ0) is 35.7. The van der Waals surface area contributed by atoms with Crippen LogP contribution in [0.5, 0.6) is 0 Å². The third-order valence-electron chi connectivity index (χ3n) is 7.97. The van der Waals surface area contributed by atoms with Crippen molar-refractivity contribution in [1.82, 2.24) is 5.32 Å². The summed E-state index contributed by atoms with van der Waals surface area (Å²) in [6.45, 7) is 4.12. The van der Waals surface area contributed by atoms with Crippen LogP contribution >= 0.6 is 0 Å². The van der Waals surface area contributed by atoms with E-state index in [0.717, 1.165) is 83.5 Å². The Labute approximate surface area is 302 Å². The molecule has 0 saturated heterocycles. The van der Waals surface area contributed by atoms with Crippen molar-refractivity contribution in [2.45, 2.75) is 161 Å². The van der Waals surface area contributed by atoms with Crippen LogP contribution < -0.4 is 5.32 Å². The maximum Gasteiger partial charge on any atom is 0.220 e. The van der Waals surface area contributed by atoms with Crippen LogP contribution in [0, 0.1) is 0 Å². The number of aliphatic hydroxyl groups excluding tert-OH is 2. The molecule has 0 aromatic heterocycles. The Morgan fingerprint density at radius 1 is 0.510 bits per heavy atom. The molecule has 0 aromatic rings. The molecule has 0 aliphatic carbocycles. The number of carbonyl (C=O) groups is 1. The molecule has 3 N–H and O–H groups in total. The van der Waals surface area contributed by atoms with Crippen molar-refractivity contribution in [2.75, 3.05) is 6.61 Å². The molecule has 2 unspecified atom stereocenters. The number of carbonyl (C=O) groups excluding carboxylic acids is 1. The second kappa shape index (κ2) is 39.5. The summed E-state index contributed by atoms with van der Waals surface area (Å²) in [4.78, 5) is 12.3. The Morgan fingerprint density at radius 3 is 1.43 bits per heavy atom. The van der Waals surface area contributed by atoms with E-state index in [9.17, 15) is 15.0 Å². The zero-order valence-electron chi connectivity index (χ0n) is 31.4. The van der Waals surface area contributed by atoms with Crippen LogP contribution in [0.25, 0.3) is 0 Å². The van der Waals surface area contributed by atoms with Crippen molar-refractivity contribution in [3.63, 3.8) is 0 Å². The van der Waals surface area contributed by atoms with Gasteiger partial charge in [-0.15, -0.1) is 0 Å². The molecule has 0 saturated carbocycles. The molecule has 1 amide bonds. The lowest BCUT2D eigenvalue weighted by Gasteiger charge is -2.19. The van der Waals surface area contributed by atoms with Gasteiger partial charge in [0.15, 0.2) is 0 Å². The van der Waals surface area contributed by atoms with E-state index in [1.807, 2.05) is 6.08 Å². The Bertz CT molecular complexity index is 995. The predicted octanol–water partition coefficient (Wildman–Crippen LogP) is 12.1. The summed E-state index contributed by atoms with van der Waals surface area (Å²) in [6.07, 6.45) is 60.3. The van der Waals surface area contributed by atoms with E-state index in [2.05, 4.69) is 116 Å². The number of nitrogens with one attached hydrogen (secondary N) is 1. The normalized spacial score (nSPS) is 14.3. The number of unbranched alkanes of at least 4 members (excludes halogenated alkanes) is 10. The molecule has 0 radical (unpaired) electrons. The molecule has 2 atom stereocenters. The molecule has 0 fully saturated rings. The van der Waals surface area contributed by atoms with Crippen molar-refractivity contribution in [1.29, 1.82) is 0 Å². The molecule has 4 heteroatoms. The monoisotopic (exact) mass is 676 g/mol. The van der Waals surface area contributed by atoms with Crippen LogP contribution in [0.2, 0.25) is 0 Å². The van der Waals surface area contributed by atoms with Gasteiger partial charge in [0.25, 0.3) is 0 Å².